The van der Waals surface area contributed by atoms with Gasteiger partial charge in [0, 0.05) is 49.0 Å². The molecule has 2 amide bonds. The normalized spacial score (nSPS) is 15.6. The van der Waals surface area contributed by atoms with Gasteiger partial charge in [-0.15, -0.1) is 10.2 Å². The van der Waals surface area contributed by atoms with Crippen LogP contribution in [0.5, 0.6) is 0 Å². The van der Waals surface area contributed by atoms with Gasteiger partial charge in [-0.3, -0.25) is 14.2 Å². The highest BCUT2D eigenvalue weighted by atomic mass is 32.2. The number of amides is 2. The molecule has 1 saturated heterocycles. The summed E-state index contributed by atoms with van der Waals surface area (Å²) < 4.78 is 42.0. The van der Waals surface area contributed by atoms with E-state index >= 15 is 0 Å². The Morgan fingerprint density at radius 1 is 0.929 bits per heavy atom. The SMILES string of the molecule is CC1CN(C(=O)CCCSc2nnc(-c3ccccc3)n2-c2cccc(C(F)(F)F)c2)CCN1C(=O)c1ccccc1. The molecule has 11 heteroatoms. The first-order valence-corrected chi connectivity index (χ1v) is 14.7. The lowest BCUT2D eigenvalue weighted by Crippen LogP contribution is -2.55. The molecule has 1 aromatic heterocycles. The van der Waals surface area contributed by atoms with Crippen molar-refractivity contribution in [3.05, 3.63) is 96.1 Å². The second kappa shape index (κ2) is 12.8. The Balaban J connectivity index is 1.22. The van der Waals surface area contributed by atoms with Crippen LogP contribution in [0.1, 0.15) is 35.7 Å². The van der Waals surface area contributed by atoms with E-state index in [-0.39, 0.29) is 17.9 Å². The Hall–Kier alpha value is -4.12. The van der Waals surface area contributed by atoms with Gasteiger partial charge in [0.25, 0.3) is 5.91 Å². The number of aromatic nitrogens is 3. The van der Waals surface area contributed by atoms with E-state index in [1.807, 2.05) is 55.5 Å². The fourth-order valence-corrected chi connectivity index (χ4v) is 5.86. The minimum atomic E-state index is -4.48. The molecule has 42 heavy (non-hydrogen) atoms. The largest absolute Gasteiger partial charge is 0.416 e. The van der Waals surface area contributed by atoms with Gasteiger partial charge in [-0.05, 0) is 43.7 Å². The first kappa shape index (κ1) is 29.4. The minimum Gasteiger partial charge on any atom is -0.339 e. The van der Waals surface area contributed by atoms with E-state index in [1.54, 1.807) is 32.6 Å². The number of hydrogen-bond acceptors (Lipinski definition) is 5. The van der Waals surface area contributed by atoms with Crippen molar-refractivity contribution in [2.75, 3.05) is 25.4 Å². The first-order chi connectivity index (χ1) is 20.2. The highest BCUT2D eigenvalue weighted by Gasteiger charge is 2.32. The average Bonchev–Trinajstić information content (AvgIpc) is 3.43. The van der Waals surface area contributed by atoms with Crippen LogP contribution in [0.3, 0.4) is 0 Å². The van der Waals surface area contributed by atoms with E-state index in [2.05, 4.69) is 10.2 Å². The second-order valence-corrected chi connectivity index (χ2v) is 11.1. The zero-order valence-electron chi connectivity index (χ0n) is 23.0. The Morgan fingerprint density at radius 3 is 2.33 bits per heavy atom. The maximum atomic E-state index is 13.5. The summed E-state index contributed by atoms with van der Waals surface area (Å²) in [6.45, 7) is 3.35. The van der Waals surface area contributed by atoms with Gasteiger partial charge in [0.1, 0.15) is 0 Å². The van der Waals surface area contributed by atoms with E-state index in [0.29, 0.717) is 60.5 Å². The van der Waals surface area contributed by atoms with Crippen LogP contribution in [0.4, 0.5) is 13.2 Å². The topological polar surface area (TPSA) is 71.3 Å². The lowest BCUT2D eigenvalue weighted by Gasteiger charge is -2.40. The van der Waals surface area contributed by atoms with E-state index in [4.69, 9.17) is 0 Å². The van der Waals surface area contributed by atoms with Crippen LogP contribution in [0.2, 0.25) is 0 Å². The number of benzene rings is 3. The molecule has 3 aromatic carbocycles. The van der Waals surface area contributed by atoms with Gasteiger partial charge >= 0.3 is 6.18 Å². The number of rotatable bonds is 8. The predicted molar refractivity (Wildman–Crippen MR) is 155 cm³/mol. The molecule has 1 unspecified atom stereocenters. The van der Waals surface area contributed by atoms with Crippen molar-refractivity contribution in [3.63, 3.8) is 0 Å². The number of piperazine rings is 1. The van der Waals surface area contributed by atoms with Crippen molar-refractivity contribution >= 4 is 23.6 Å². The van der Waals surface area contributed by atoms with Crippen LogP contribution in [0.25, 0.3) is 17.1 Å². The Bertz CT molecular complexity index is 1530. The number of carbonyl (C=O) groups excluding carboxylic acids is 2. The van der Waals surface area contributed by atoms with Gasteiger partial charge in [-0.25, -0.2) is 0 Å². The minimum absolute atomic E-state index is 0.0126. The molecule has 218 valence electrons. The molecule has 0 radical (unpaired) electrons. The molecule has 0 spiro atoms. The summed E-state index contributed by atoms with van der Waals surface area (Å²) in [5.74, 6) is 0.940. The Morgan fingerprint density at radius 2 is 1.64 bits per heavy atom. The van der Waals surface area contributed by atoms with Gasteiger partial charge < -0.3 is 9.80 Å². The number of carbonyl (C=O) groups is 2. The van der Waals surface area contributed by atoms with Gasteiger partial charge in [-0.1, -0.05) is 66.4 Å². The van der Waals surface area contributed by atoms with Crippen molar-refractivity contribution in [1.29, 1.82) is 0 Å². The highest BCUT2D eigenvalue weighted by Crippen LogP contribution is 2.33. The molecule has 0 bridgehead atoms. The maximum Gasteiger partial charge on any atom is 0.416 e. The third-order valence-electron chi connectivity index (χ3n) is 7.12. The number of halogens is 3. The number of alkyl halides is 3. The molecule has 4 aromatic rings. The molecular formula is C31H30F3N5O2S. The first-order valence-electron chi connectivity index (χ1n) is 13.7. The summed E-state index contributed by atoms with van der Waals surface area (Å²) in [4.78, 5) is 29.5. The average molecular weight is 594 g/mol. The summed E-state index contributed by atoms with van der Waals surface area (Å²) in [5, 5.41) is 9.03. The lowest BCUT2D eigenvalue weighted by molar-refractivity contribution is -0.137. The van der Waals surface area contributed by atoms with Crippen LogP contribution in [0.15, 0.2) is 90.1 Å². The molecular weight excluding hydrogens is 563 g/mol. The van der Waals surface area contributed by atoms with E-state index in [0.717, 1.165) is 17.7 Å². The van der Waals surface area contributed by atoms with E-state index in [1.165, 1.54) is 17.8 Å². The summed E-state index contributed by atoms with van der Waals surface area (Å²) in [5.41, 5.74) is 0.913. The van der Waals surface area contributed by atoms with E-state index in [9.17, 15) is 22.8 Å². The summed E-state index contributed by atoms with van der Waals surface area (Å²) >= 11 is 1.35. The summed E-state index contributed by atoms with van der Waals surface area (Å²) in [7, 11) is 0. The summed E-state index contributed by atoms with van der Waals surface area (Å²) in [6.07, 6.45) is -3.62. The highest BCUT2D eigenvalue weighted by molar-refractivity contribution is 7.99. The molecule has 1 aliphatic heterocycles. The fraction of sp³-hybridized carbons (Fsp3) is 0.290. The third-order valence-corrected chi connectivity index (χ3v) is 8.14. The zero-order valence-corrected chi connectivity index (χ0v) is 23.8. The van der Waals surface area contributed by atoms with Crippen LogP contribution in [0, 0.1) is 0 Å². The lowest BCUT2D eigenvalue weighted by atomic mass is 10.1. The predicted octanol–water partition coefficient (Wildman–Crippen LogP) is 6.20. The molecule has 1 atom stereocenters. The Kier molecular flexibility index (Phi) is 8.96. The number of thioether (sulfide) groups is 1. The van der Waals surface area contributed by atoms with Crippen LogP contribution in [-0.2, 0) is 11.0 Å². The van der Waals surface area contributed by atoms with E-state index < -0.39 is 11.7 Å². The molecule has 7 nitrogen and oxygen atoms in total. The smallest absolute Gasteiger partial charge is 0.339 e. The van der Waals surface area contributed by atoms with Gasteiger partial charge in [-0.2, -0.15) is 13.2 Å². The molecule has 5 rings (SSSR count). The Labute approximate surface area is 246 Å². The van der Waals surface area contributed by atoms with Crippen molar-refractivity contribution in [3.8, 4) is 17.1 Å². The van der Waals surface area contributed by atoms with Crippen molar-refractivity contribution < 1.29 is 22.8 Å². The van der Waals surface area contributed by atoms with Gasteiger partial charge in [0.2, 0.25) is 5.91 Å². The van der Waals surface area contributed by atoms with Crippen molar-refractivity contribution in [2.24, 2.45) is 0 Å². The molecule has 0 N–H and O–H groups in total. The molecule has 1 fully saturated rings. The second-order valence-electron chi connectivity index (χ2n) is 10.1. The number of nitrogens with zero attached hydrogens (tertiary/aromatic N) is 5. The summed E-state index contributed by atoms with van der Waals surface area (Å²) in [6, 6.07) is 23.3. The standard InChI is InChI=1S/C31H30F3N5O2S/c1-22-21-37(17-18-38(22)29(41)24-12-6-3-7-13-24)27(40)16-9-19-42-30-36-35-28(23-10-4-2-5-11-23)39(30)26-15-8-14-25(20-26)31(32,33)34/h2-8,10-15,20,22H,9,16-19,21H2,1H3. The molecule has 2 heterocycles. The van der Waals surface area contributed by atoms with Gasteiger partial charge in [0.05, 0.1) is 11.3 Å². The fourth-order valence-electron chi connectivity index (χ4n) is 4.97. The van der Waals surface area contributed by atoms with Crippen LogP contribution in [-0.4, -0.2) is 67.8 Å². The van der Waals surface area contributed by atoms with Crippen molar-refractivity contribution in [1.82, 2.24) is 24.6 Å². The molecule has 0 saturated carbocycles. The van der Waals surface area contributed by atoms with Gasteiger partial charge in [0.15, 0.2) is 11.0 Å². The third kappa shape index (κ3) is 6.67. The van der Waals surface area contributed by atoms with Crippen LogP contribution < -0.4 is 0 Å². The van der Waals surface area contributed by atoms with Crippen molar-refractivity contribution in [2.45, 2.75) is 37.1 Å². The monoisotopic (exact) mass is 593 g/mol. The maximum absolute atomic E-state index is 13.5. The quantitative estimate of drug-likeness (QED) is 0.180. The number of hydrogen-bond donors (Lipinski definition) is 0. The van der Waals surface area contributed by atoms with Crippen LogP contribution >= 0.6 is 11.8 Å². The molecule has 1 aliphatic rings. The molecule has 0 aliphatic carbocycles. The zero-order chi connectivity index (χ0) is 29.7.